The Morgan fingerprint density at radius 1 is 1.26 bits per heavy atom. The number of benzene rings is 1. The van der Waals surface area contributed by atoms with Crippen molar-refractivity contribution in [2.24, 2.45) is 11.7 Å². The summed E-state index contributed by atoms with van der Waals surface area (Å²) in [7, 11) is -2.09. The molecule has 0 spiro atoms. The van der Waals surface area contributed by atoms with Crippen molar-refractivity contribution in [1.82, 2.24) is 14.9 Å². The molecule has 1 saturated heterocycles. The molecule has 2 rings (SSSR count). The SMILES string of the molecule is CNS(=O)(=O)c1ccc(CCC(=O)N2CCCC(C(=O)NCCN)C2)cc1. The molecule has 0 aromatic heterocycles. The van der Waals surface area contributed by atoms with E-state index in [1.165, 1.54) is 19.2 Å². The van der Waals surface area contributed by atoms with Crippen molar-refractivity contribution in [2.75, 3.05) is 33.2 Å². The maximum Gasteiger partial charge on any atom is 0.240 e. The zero-order valence-corrected chi connectivity index (χ0v) is 16.4. The van der Waals surface area contributed by atoms with E-state index >= 15 is 0 Å². The summed E-state index contributed by atoms with van der Waals surface area (Å²) < 4.78 is 25.7. The topological polar surface area (TPSA) is 122 Å². The fourth-order valence-electron chi connectivity index (χ4n) is 3.12. The lowest BCUT2D eigenvalue weighted by molar-refractivity contribution is -0.135. The number of nitrogens with one attached hydrogen (secondary N) is 2. The van der Waals surface area contributed by atoms with Crippen LogP contribution in [0.15, 0.2) is 29.2 Å². The van der Waals surface area contributed by atoms with E-state index in [1.807, 2.05) is 0 Å². The second kappa shape index (κ2) is 9.82. The highest BCUT2D eigenvalue weighted by molar-refractivity contribution is 7.89. The first-order chi connectivity index (χ1) is 12.9. The summed E-state index contributed by atoms with van der Waals surface area (Å²) in [5.74, 6) is -0.210. The predicted molar refractivity (Wildman–Crippen MR) is 102 cm³/mol. The van der Waals surface area contributed by atoms with E-state index in [4.69, 9.17) is 5.73 Å². The lowest BCUT2D eigenvalue weighted by Gasteiger charge is -2.32. The van der Waals surface area contributed by atoms with E-state index in [-0.39, 0.29) is 22.6 Å². The third-order valence-corrected chi connectivity index (χ3v) is 6.15. The van der Waals surface area contributed by atoms with Gasteiger partial charge in [-0.1, -0.05) is 12.1 Å². The number of sulfonamides is 1. The number of nitrogens with two attached hydrogens (primary N) is 1. The van der Waals surface area contributed by atoms with Crippen LogP contribution in [0, 0.1) is 5.92 Å². The predicted octanol–water partition coefficient (Wildman–Crippen LogP) is -0.159. The van der Waals surface area contributed by atoms with Crippen LogP contribution in [0.1, 0.15) is 24.8 Å². The molecule has 2 amide bonds. The highest BCUT2D eigenvalue weighted by Crippen LogP contribution is 2.18. The van der Waals surface area contributed by atoms with Crippen LogP contribution in [0.5, 0.6) is 0 Å². The number of carbonyl (C=O) groups excluding carboxylic acids is 2. The van der Waals surface area contributed by atoms with Gasteiger partial charge >= 0.3 is 0 Å². The summed E-state index contributed by atoms with van der Waals surface area (Å²) >= 11 is 0. The average molecular weight is 397 g/mol. The van der Waals surface area contributed by atoms with Gasteiger partial charge in [-0.25, -0.2) is 13.1 Å². The number of likely N-dealkylation sites (tertiary alicyclic amines) is 1. The van der Waals surface area contributed by atoms with Crippen LogP contribution < -0.4 is 15.8 Å². The minimum Gasteiger partial charge on any atom is -0.355 e. The molecule has 1 aromatic carbocycles. The Balaban J connectivity index is 1.87. The van der Waals surface area contributed by atoms with Crippen molar-refractivity contribution in [2.45, 2.75) is 30.6 Å². The smallest absolute Gasteiger partial charge is 0.240 e. The number of amides is 2. The molecule has 150 valence electrons. The second-order valence-corrected chi connectivity index (χ2v) is 8.50. The monoisotopic (exact) mass is 396 g/mol. The van der Waals surface area contributed by atoms with E-state index in [0.717, 1.165) is 18.4 Å². The van der Waals surface area contributed by atoms with E-state index in [1.54, 1.807) is 17.0 Å². The highest BCUT2D eigenvalue weighted by Gasteiger charge is 2.27. The maximum atomic E-state index is 12.5. The summed E-state index contributed by atoms with van der Waals surface area (Å²) in [5, 5.41) is 2.79. The van der Waals surface area contributed by atoms with Crippen LogP contribution in [-0.4, -0.2) is 58.4 Å². The Kier molecular flexibility index (Phi) is 7.76. The van der Waals surface area contributed by atoms with Gasteiger partial charge in [-0.15, -0.1) is 0 Å². The van der Waals surface area contributed by atoms with Gasteiger partial charge in [0.1, 0.15) is 0 Å². The summed E-state index contributed by atoms with van der Waals surface area (Å²) in [6.07, 6.45) is 2.44. The van der Waals surface area contributed by atoms with Gasteiger partial charge in [-0.05, 0) is 44.0 Å². The Morgan fingerprint density at radius 3 is 2.59 bits per heavy atom. The minimum absolute atomic E-state index is 0.0123. The van der Waals surface area contributed by atoms with E-state index < -0.39 is 10.0 Å². The second-order valence-electron chi connectivity index (χ2n) is 6.61. The van der Waals surface area contributed by atoms with Crippen molar-refractivity contribution in [3.63, 3.8) is 0 Å². The number of rotatable bonds is 8. The molecule has 1 atom stereocenters. The molecule has 4 N–H and O–H groups in total. The number of nitrogens with zero attached hydrogens (tertiary/aromatic N) is 1. The minimum atomic E-state index is -3.46. The zero-order valence-electron chi connectivity index (χ0n) is 15.6. The lowest BCUT2D eigenvalue weighted by Crippen LogP contribution is -2.46. The number of hydrogen-bond donors (Lipinski definition) is 3. The molecule has 1 aliphatic heterocycles. The van der Waals surface area contributed by atoms with Crippen LogP contribution in [-0.2, 0) is 26.0 Å². The Hall–Kier alpha value is -1.97. The molecule has 1 aliphatic rings. The summed E-state index contributed by atoms with van der Waals surface area (Å²) in [6, 6.07) is 6.50. The first-order valence-corrected chi connectivity index (χ1v) is 10.6. The van der Waals surface area contributed by atoms with Gasteiger partial charge < -0.3 is 16.0 Å². The first kappa shape index (κ1) is 21.3. The summed E-state index contributed by atoms with van der Waals surface area (Å²) in [4.78, 5) is 26.5. The molecule has 0 aliphatic carbocycles. The number of carbonyl (C=O) groups is 2. The van der Waals surface area contributed by atoms with Gasteiger partial charge in [0.25, 0.3) is 0 Å². The fraction of sp³-hybridized carbons (Fsp3) is 0.556. The van der Waals surface area contributed by atoms with Crippen LogP contribution in [0.3, 0.4) is 0 Å². The van der Waals surface area contributed by atoms with Crippen molar-refractivity contribution in [3.05, 3.63) is 29.8 Å². The van der Waals surface area contributed by atoms with Gasteiger partial charge in [0.05, 0.1) is 10.8 Å². The number of hydrogen-bond acceptors (Lipinski definition) is 5. The van der Waals surface area contributed by atoms with Gasteiger partial charge in [-0.2, -0.15) is 0 Å². The third-order valence-electron chi connectivity index (χ3n) is 4.72. The van der Waals surface area contributed by atoms with Gasteiger partial charge in [0, 0.05) is 32.6 Å². The maximum absolute atomic E-state index is 12.5. The largest absolute Gasteiger partial charge is 0.355 e. The standard InChI is InChI=1S/C18H28N4O4S/c1-20-27(25,26)16-7-4-14(5-8-16)6-9-17(23)22-12-2-3-15(13-22)18(24)21-11-10-19/h4-5,7-8,15,20H,2-3,6,9-13,19H2,1H3,(H,21,24). The Bertz CT molecular complexity index is 749. The fourth-order valence-corrected chi connectivity index (χ4v) is 3.85. The molecule has 0 radical (unpaired) electrons. The molecular formula is C18H28N4O4S. The van der Waals surface area contributed by atoms with E-state index in [0.29, 0.717) is 39.0 Å². The van der Waals surface area contributed by atoms with Crippen molar-refractivity contribution < 1.29 is 18.0 Å². The normalized spacial score (nSPS) is 17.6. The van der Waals surface area contributed by atoms with E-state index in [9.17, 15) is 18.0 Å². The molecule has 8 nitrogen and oxygen atoms in total. The van der Waals surface area contributed by atoms with Crippen molar-refractivity contribution in [3.8, 4) is 0 Å². The zero-order chi connectivity index (χ0) is 19.9. The summed E-state index contributed by atoms with van der Waals surface area (Å²) in [6.45, 7) is 1.95. The Labute approximate surface area is 160 Å². The molecule has 0 bridgehead atoms. The van der Waals surface area contributed by atoms with Gasteiger partial charge in [0.2, 0.25) is 21.8 Å². The quantitative estimate of drug-likeness (QED) is 0.564. The average Bonchev–Trinajstić information content (AvgIpc) is 2.70. The molecule has 1 heterocycles. The molecular weight excluding hydrogens is 368 g/mol. The van der Waals surface area contributed by atoms with E-state index in [2.05, 4.69) is 10.0 Å². The summed E-state index contributed by atoms with van der Waals surface area (Å²) in [5.41, 5.74) is 6.30. The lowest BCUT2D eigenvalue weighted by atomic mass is 9.96. The number of piperidine rings is 1. The van der Waals surface area contributed by atoms with Crippen LogP contribution >= 0.6 is 0 Å². The Morgan fingerprint density at radius 2 is 1.96 bits per heavy atom. The molecule has 27 heavy (non-hydrogen) atoms. The number of aryl methyl sites for hydroxylation is 1. The molecule has 9 heteroatoms. The molecule has 1 unspecified atom stereocenters. The van der Waals surface area contributed by atoms with Gasteiger partial charge in [0.15, 0.2) is 0 Å². The van der Waals surface area contributed by atoms with Crippen LogP contribution in [0.2, 0.25) is 0 Å². The van der Waals surface area contributed by atoms with Crippen molar-refractivity contribution >= 4 is 21.8 Å². The van der Waals surface area contributed by atoms with Crippen LogP contribution in [0.25, 0.3) is 0 Å². The molecule has 0 saturated carbocycles. The molecule has 1 fully saturated rings. The third kappa shape index (κ3) is 6.02. The molecule has 1 aromatic rings. The van der Waals surface area contributed by atoms with Gasteiger partial charge in [-0.3, -0.25) is 9.59 Å². The first-order valence-electron chi connectivity index (χ1n) is 9.15. The highest BCUT2D eigenvalue weighted by atomic mass is 32.2. The van der Waals surface area contributed by atoms with Crippen molar-refractivity contribution in [1.29, 1.82) is 0 Å². The van der Waals surface area contributed by atoms with Crippen LogP contribution in [0.4, 0.5) is 0 Å².